The summed E-state index contributed by atoms with van der Waals surface area (Å²) in [7, 11) is 1.74. The summed E-state index contributed by atoms with van der Waals surface area (Å²) in [6.45, 7) is 6.69. The van der Waals surface area contributed by atoms with Gasteiger partial charge in [-0.3, -0.25) is 0 Å². The summed E-state index contributed by atoms with van der Waals surface area (Å²) in [5.74, 6) is 2.95. The highest BCUT2D eigenvalue weighted by Crippen LogP contribution is 2.43. The molecular formula is C17H26ClNO. The standard InChI is InChI=1S/C17H26ClNO/c1-12(2)10-19-11-13-5-4-6-15(13)16-9-14(18)7-8-17(16)20-3/h7-9,12-13,15,19H,4-6,10-11H2,1-3H3. The molecule has 0 bridgehead atoms. The Bertz CT molecular complexity index is 433. The number of methoxy groups -OCH3 is 1. The largest absolute Gasteiger partial charge is 0.496 e. The zero-order valence-electron chi connectivity index (χ0n) is 12.8. The minimum atomic E-state index is 0.573. The second-order valence-corrected chi connectivity index (χ2v) is 6.67. The highest BCUT2D eigenvalue weighted by atomic mass is 35.5. The van der Waals surface area contributed by atoms with E-state index in [0.29, 0.717) is 17.8 Å². The summed E-state index contributed by atoms with van der Waals surface area (Å²) in [5, 5.41) is 4.41. The molecular weight excluding hydrogens is 270 g/mol. The van der Waals surface area contributed by atoms with Gasteiger partial charge >= 0.3 is 0 Å². The predicted molar refractivity (Wildman–Crippen MR) is 85.8 cm³/mol. The van der Waals surface area contributed by atoms with E-state index in [2.05, 4.69) is 25.2 Å². The van der Waals surface area contributed by atoms with Crippen LogP contribution in [0, 0.1) is 11.8 Å². The molecule has 2 nitrogen and oxygen atoms in total. The molecule has 0 aromatic heterocycles. The molecule has 0 spiro atoms. The van der Waals surface area contributed by atoms with Crippen LogP contribution in [-0.2, 0) is 0 Å². The Balaban J connectivity index is 2.08. The molecule has 3 heteroatoms. The molecule has 0 radical (unpaired) electrons. The maximum atomic E-state index is 6.17. The van der Waals surface area contributed by atoms with Crippen LogP contribution < -0.4 is 10.1 Å². The van der Waals surface area contributed by atoms with Crippen molar-refractivity contribution in [3.63, 3.8) is 0 Å². The highest BCUT2D eigenvalue weighted by molar-refractivity contribution is 6.30. The molecule has 1 aromatic rings. The topological polar surface area (TPSA) is 21.3 Å². The fraction of sp³-hybridized carbons (Fsp3) is 0.647. The van der Waals surface area contributed by atoms with Crippen LogP contribution in [0.3, 0.4) is 0 Å². The number of ether oxygens (including phenoxy) is 1. The highest BCUT2D eigenvalue weighted by Gasteiger charge is 2.30. The van der Waals surface area contributed by atoms with Crippen LogP contribution in [0.5, 0.6) is 5.75 Å². The van der Waals surface area contributed by atoms with Crippen LogP contribution >= 0.6 is 11.6 Å². The maximum absolute atomic E-state index is 6.17. The van der Waals surface area contributed by atoms with E-state index in [1.807, 2.05) is 12.1 Å². The van der Waals surface area contributed by atoms with Gasteiger partial charge in [0.05, 0.1) is 7.11 Å². The molecule has 0 saturated heterocycles. The minimum absolute atomic E-state index is 0.573. The van der Waals surface area contributed by atoms with Crippen LogP contribution in [0.4, 0.5) is 0 Å². The Morgan fingerprint density at radius 3 is 2.85 bits per heavy atom. The Morgan fingerprint density at radius 2 is 2.15 bits per heavy atom. The van der Waals surface area contributed by atoms with E-state index in [1.54, 1.807) is 7.11 Å². The lowest BCUT2D eigenvalue weighted by atomic mass is 9.88. The van der Waals surface area contributed by atoms with Gasteiger partial charge in [0.15, 0.2) is 0 Å². The summed E-state index contributed by atoms with van der Waals surface area (Å²) >= 11 is 6.17. The molecule has 1 aromatic carbocycles. The number of nitrogens with one attached hydrogen (secondary N) is 1. The molecule has 1 aliphatic carbocycles. The van der Waals surface area contributed by atoms with E-state index >= 15 is 0 Å². The molecule has 1 fully saturated rings. The third kappa shape index (κ3) is 3.89. The van der Waals surface area contributed by atoms with Gasteiger partial charge in [0.1, 0.15) is 5.75 Å². The van der Waals surface area contributed by atoms with E-state index in [-0.39, 0.29) is 0 Å². The number of hydrogen-bond donors (Lipinski definition) is 1. The van der Waals surface area contributed by atoms with Gasteiger partial charge in [-0.25, -0.2) is 0 Å². The van der Waals surface area contributed by atoms with Crippen molar-refractivity contribution in [3.05, 3.63) is 28.8 Å². The Labute approximate surface area is 127 Å². The first-order chi connectivity index (χ1) is 9.61. The molecule has 0 heterocycles. The van der Waals surface area contributed by atoms with Crippen molar-refractivity contribution < 1.29 is 4.74 Å². The molecule has 2 rings (SSSR count). The maximum Gasteiger partial charge on any atom is 0.122 e. The van der Waals surface area contributed by atoms with Crippen molar-refractivity contribution in [1.82, 2.24) is 5.32 Å². The zero-order chi connectivity index (χ0) is 14.5. The van der Waals surface area contributed by atoms with Gasteiger partial charge in [-0.15, -0.1) is 0 Å². The average Bonchev–Trinajstić information content (AvgIpc) is 2.86. The van der Waals surface area contributed by atoms with E-state index in [4.69, 9.17) is 16.3 Å². The summed E-state index contributed by atoms with van der Waals surface area (Å²) in [5.41, 5.74) is 1.29. The van der Waals surface area contributed by atoms with Gasteiger partial charge in [0, 0.05) is 5.02 Å². The van der Waals surface area contributed by atoms with Crippen LogP contribution in [0.2, 0.25) is 5.02 Å². The Morgan fingerprint density at radius 1 is 1.35 bits per heavy atom. The van der Waals surface area contributed by atoms with E-state index in [1.165, 1.54) is 24.8 Å². The second-order valence-electron chi connectivity index (χ2n) is 6.24. The molecule has 0 aliphatic heterocycles. The zero-order valence-corrected chi connectivity index (χ0v) is 13.5. The second kappa shape index (κ2) is 7.33. The first kappa shape index (κ1) is 15.7. The van der Waals surface area contributed by atoms with Crippen LogP contribution in [0.1, 0.15) is 44.6 Å². The SMILES string of the molecule is COc1ccc(Cl)cc1C1CCCC1CNCC(C)C. The normalized spacial score (nSPS) is 22.4. The van der Waals surface area contributed by atoms with Gasteiger partial charge in [-0.05, 0) is 67.4 Å². The third-order valence-electron chi connectivity index (χ3n) is 4.21. The molecule has 1 saturated carbocycles. The van der Waals surface area contributed by atoms with Gasteiger partial charge in [0.2, 0.25) is 0 Å². The van der Waals surface area contributed by atoms with Crippen molar-refractivity contribution in [2.45, 2.75) is 39.0 Å². The Hall–Kier alpha value is -0.730. The van der Waals surface area contributed by atoms with Crippen LogP contribution in [0.25, 0.3) is 0 Å². The molecule has 112 valence electrons. The lowest BCUT2D eigenvalue weighted by Gasteiger charge is -2.23. The predicted octanol–water partition coefficient (Wildman–Crippen LogP) is 4.48. The van der Waals surface area contributed by atoms with Crippen molar-refractivity contribution in [2.75, 3.05) is 20.2 Å². The first-order valence-corrected chi connectivity index (χ1v) is 8.03. The van der Waals surface area contributed by atoms with Crippen LogP contribution in [-0.4, -0.2) is 20.2 Å². The lowest BCUT2D eigenvalue weighted by Crippen LogP contribution is -2.27. The minimum Gasteiger partial charge on any atom is -0.496 e. The van der Waals surface area contributed by atoms with Crippen molar-refractivity contribution >= 4 is 11.6 Å². The Kier molecular flexibility index (Phi) is 5.74. The summed E-state index contributed by atoms with van der Waals surface area (Å²) < 4.78 is 5.52. The quantitative estimate of drug-likeness (QED) is 0.835. The van der Waals surface area contributed by atoms with E-state index < -0.39 is 0 Å². The number of rotatable bonds is 6. The van der Waals surface area contributed by atoms with Crippen molar-refractivity contribution in [1.29, 1.82) is 0 Å². The number of halogens is 1. The van der Waals surface area contributed by atoms with E-state index in [9.17, 15) is 0 Å². The number of benzene rings is 1. The average molecular weight is 296 g/mol. The third-order valence-corrected chi connectivity index (χ3v) is 4.44. The smallest absolute Gasteiger partial charge is 0.122 e. The molecule has 0 amide bonds. The van der Waals surface area contributed by atoms with Crippen molar-refractivity contribution in [3.8, 4) is 5.75 Å². The molecule has 2 unspecified atom stereocenters. The summed E-state index contributed by atoms with van der Waals surface area (Å²) in [6.07, 6.45) is 3.84. The summed E-state index contributed by atoms with van der Waals surface area (Å²) in [4.78, 5) is 0. The molecule has 20 heavy (non-hydrogen) atoms. The van der Waals surface area contributed by atoms with Crippen LogP contribution in [0.15, 0.2) is 18.2 Å². The molecule has 1 aliphatic rings. The molecule has 2 atom stereocenters. The van der Waals surface area contributed by atoms with Gasteiger partial charge in [-0.2, -0.15) is 0 Å². The lowest BCUT2D eigenvalue weighted by molar-refractivity contribution is 0.386. The van der Waals surface area contributed by atoms with Gasteiger partial charge in [0.25, 0.3) is 0 Å². The summed E-state index contributed by atoms with van der Waals surface area (Å²) in [6, 6.07) is 5.99. The fourth-order valence-electron chi connectivity index (χ4n) is 3.24. The fourth-order valence-corrected chi connectivity index (χ4v) is 3.42. The molecule has 1 N–H and O–H groups in total. The number of hydrogen-bond acceptors (Lipinski definition) is 2. The van der Waals surface area contributed by atoms with E-state index in [0.717, 1.165) is 23.9 Å². The first-order valence-electron chi connectivity index (χ1n) is 7.66. The van der Waals surface area contributed by atoms with Crippen molar-refractivity contribution in [2.24, 2.45) is 11.8 Å². The van der Waals surface area contributed by atoms with Gasteiger partial charge < -0.3 is 10.1 Å². The van der Waals surface area contributed by atoms with Gasteiger partial charge in [-0.1, -0.05) is 31.9 Å². The monoisotopic (exact) mass is 295 g/mol.